The zero-order valence-corrected chi connectivity index (χ0v) is 15.2. The number of carbonyl (C=O) groups is 2. The number of ether oxygens (including phenoxy) is 1. The summed E-state index contributed by atoms with van der Waals surface area (Å²) in [6.45, 7) is 6.66. The molecule has 0 atom stereocenters. The van der Waals surface area contributed by atoms with E-state index in [4.69, 9.17) is 17.0 Å². The SMILES string of the molecule is CCCC(=O)NNC(=S)NC(=O)c1ccccc1OCCC(C)C. The molecule has 2 amide bonds. The van der Waals surface area contributed by atoms with E-state index in [9.17, 15) is 9.59 Å². The second kappa shape index (κ2) is 10.6. The first-order valence-electron chi connectivity index (χ1n) is 8.06. The van der Waals surface area contributed by atoms with Crippen molar-refractivity contribution in [3.8, 4) is 5.75 Å². The molecule has 0 fully saturated rings. The fourth-order valence-corrected chi connectivity index (χ4v) is 1.95. The monoisotopic (exact) mass is 351 g/mol. The predicted molar refractivity (Wildman–Crippen MR) is 97.6 cm³/mol. The van der Waals surface area contributed by atoms with E-state index in [1.807, 2.05) is 13.0 Å². The van der Waals surface area contributed by atoms with Crippen LogP contribution < -0.4 is 20.9 Å². The quantitative estimate of drug-likeness (QED) is 0.520. The zero-order valence-electron chi connectivity index (χ0n) is 14.3. The normalized spacial score (nSPS) is 10.2. The highest BCUT2D eigenvalue weighted by Gasteiger charge is 2.14. The smallest absolute Gasteiger partial charge is 0.261 e. The minimum absolute atomic E-state index is 0.0291. The highest BCUT2D eigenvalue weighted by molar-refractivity contribution is 7.80. The van der Waals surface area contributed by atoms with Crippen LogP contribution >= 0.6 is 12.2 Å². The van der Waals surface area contributed by atoms with E-state index in [1.54, 1.807) is 18.2 Å². The van der Waals surface area contributed by atoms with Crippen LogP contribution in [0.5, 0.6) is 5.75 Å². The van der Waals surface area contributed by atoms with Crippen molar-refractivity contribution in [3.05, 3.63) is 29.8 Å². The van der Waals surface area contributed by atoms with E-state index in [-0.39, 0.29) is 11.0 Å². The summed E-state index contributed by atoms with van der Waals surface area (Å²) in [5.74, 6) is 0.451. The molecule has 0 spiro atoms. The van der Waals surface area contributed by atoms with E-state index in [0.717, 1.165) is 12.8 Å². The molecule has 0 aliphatic carbocycles. The number of hydrazine groups is 1. The topological polar surface area (TPSA) is 79.5 Å². The van der Waals surface area contributed by atoms with Crippen LogP contribution in [0, 0.1) is 5.92 Å². The van der Waals surface area contributed by atoms with Crippen molar-refractivity contribution >= 4 is 29.1 Å². The zero-order chi connectivity index (χ0) is 17.9. The van der Waals surface area contributed by atoms with Crippen LogP contribution in [-0.4, -0.2) is 23.5 Å². The molecule has 0 aromatic heterocycles. The van der Waals surface area contributed by atoms with Gasteiger partial charge in [-0.3, -0.25) is 25.8 Å². The maximum Gasteiger partial charge on any atom is 0.261 e. The van der Waals surface area contributed by atoms with Gasteiger partial charge in [-0.05, 0) is 43.1 Å². The maximum absolute atomic E-state index is 12.3. The number of rotatable bonds is 7. The van der Waals surface area contributed by atoms with Crippen molar-refractivity contribution in [3.63, 3.8) is 0 Å². The third-order valence-electron chi connectivity index (χ3n) is 3.10. The highest BCUT2D eigenvalue weighted by Crippen LogP contribution is 2.18. The summed E-state index contributed by atoms with van der Waals surface area (Å²) in [6.07, 6.45) is 2.02. The molecule has 0 saturated heterocycles. The first-order chi connectivity index (χ1) is 11.4. The van der Waals surface area contributed by atoms with Gasteiger partial charge in [0.2, 0.25) is 5.91 Å². The van der Waals surface area contributed by atoms with Crippen molar-refractivity contribution in [2.75, 3.05) is 6.61 Å². The number of amides is 2. The Balaban J connectivity index is 2.57. The average Bonchev–Trinajstić information content (AvgIpc) is 2.53. The van der Waals surface area contributed by atoms with Gasteiger partial charge < -0.3 is 4.74 Å². The first kappa shape index (κ1) is 19.9. The number of hydrogen-bond donors (Lipinski definition) is 3. The lowest BCUT2D eigenvalue weighted by atomic mass is 10.1. The molecule has 3 N–H and O–H groups in total. The van der Waals surface area contributed by atoms with Crippen molar-refractivity contribution in [1.29, 1.82) is 0 Å². The summed E-state index contributed by atoms with van der Waals surface area (Å²) in [6, 6.07) is 6.97. The van der Waals surface area contributed by atoms with Gasteiger partial charge in [0.25, 0.3) is 5.91 Å². The Kier molecular flexibility index (Phi) is 8.78. The Morgan fingerprint density at radius 2 is 1.92 bits per heavy atom. The molecule has 1 rings (SSSR count). The summed E-state index contributed by atoms with van der Waals surface area (Å²) in [5.41, 5.74) is 5.32. The number of thiocarbonyl (C=S) groups is 1. The summed E-state index contributed by atoms with van der Waals surface area (Å²) in [4.78, 5) is 23.7. The predicted octanol–water partition coefficient (Wildman–Crippen LogP) is 2.55. The number of para-hydroxylation sites is 1. The lowest BCUT2D eigenvalue weighted by Crippen LogP contribution is -2.48. The van der Waals surface area contributed by atoms with E-state index in [2.05, 4.69) is 30.0 Å². The Hall–Kier alpha value is -2.15. The standard InChI is InChI=1S/C17H25N3O3S/c1-4-7-15(21)19-20-17(24)18-16(22)13-8-5-6-9-14(13)23-11-10-12(2)3/h5-6,8-9,12H,4,7,10-11H2,1-3H3,(H,19,21)(H2,18,20,22,24). The van der Waals surface area contributed by atoms with Gasteiger partial charge in [-0.2, -0.15) is 0 Å². The lowest BCUT2D eigenvalue weighted by molar-refractivity contribution is -0.121. The minimum atomic E-state index is -0.391. The molecule has 0 radical (unpaired) electrons. The molecule has 0 aliphatic heterocycles. The van der Waals surface area contributed by atoms with E-state index in [1.165, 1.54) is 0 Å². The largest absolute Gasteiger partial charge is 0.493 e. The first-order valence-corrected chi connectivity index (χ1v) is 8.46. The molecule has 6 nitrogen and oxygen atoms in total. The number of benzene rings is 1. The molecule has 24 heavy (non-hydrogen) atoms. The molecule has 0 aliphatic rings. The molecule has 1 aromatic carbocycles. The second-order valence-electron chi connectivity index (χ2n) is 5.73. The lowest BCUT2D eigenvalue weighted by Gasteiger charge is -2.14. The van der Waals surface area contributed by atoms with Crippen molar-refractivity contribution in [1.82, 2.24) is 16.2 Å². The molecule has 0 unspecified atom stereocenters. The van der Waals surface area contributed by atoms with Crippen LogP contribution in [0.4, 0.5) is 0 Å². The minimum Gasteiger partial charge on any atom is -0.493 e. The summed E-state index contributed by atoms with van der Waals surface area (Å²) >= 11 is 5.00. The summed E-state index contributed by atoms with van der Waals surface area (Å²) in [5, 5.41) is 2.55. The van der Waals surface area contributed by atoms with Gasteiger partial charge in [0.05, 0.1) is 12.2 Å². The van der Waals surface area contributed by atoms with Gasteiger partial charge in [-0.1, -0.05) is 32.9 Å². The van der Waals surface area contributed by atoms with E-state index in [0.29, 0.717) is 30.3 Å². The van der Waals surface area contributed by atoms with Gasteiger partial charge in [0.15, 0.2) is 5.11 Å². The van der Waals surface area contributed by atoms with Crippen LogP contribution in [0.15, 0.2) is 24.3 Å². The van der Waals surface area contributed by atoms with Gasteiger partial charge >= 0.3 is 0 Å². The fraction of sp³-hybridized carbons (Fsp3) is 0.471. The van der Waals surface area contributed by atoms with Crippen LogP contribution in [0.2, 0.25) is 0 Å². The molecular formula is C17H25N3O3S. The van der Waals surface area contributed by atoms with Crippen molar-refractivity contribution in [2.24, 2.45) is 5.92 Å². The number of nitrogens with one attached hydrogen (secondary N) is 3. The summed E-state index contributed by atoms with van der Waals surface area (Å²) < 4.78 is 5.69. The molecule has 132 valence electrons. The van der Waals surface area contributed by atoms with Gasteiger partial charge in [0.1, 0.15) is 5.75 Å². The van der Waals surface area contributed by atoms with Crippen molar-refractivity contribution in [2.45, 2.75) is 40.0 Å². The Bertz CT molecular complexity index is 576. The Morgan fingerprint density at radius 3 is 2.58 bits per heavy atom. The van der Waals surface area contributed by atoms with Crippen LogP contribution in [-0.2, 0) is 4.79 Å². The van der Waals surface area contributed by atoms with E-state index < -0.39 is 5.91 Å². The van der Waals surface area contributed by atoms with E-state index >= 15 is 0 Å². The maximum atomic E-state index is 12.3. The number of hydrogen-bond acceptors (Lipinski definition) is 4. The van der Waals surface area contributed by atoms with Crippen molar-refractivity contribution < 1.29 is 14.3 Å². The fourth-order valence-electron chi connectivity index (χ4n) is 1.80. The third-order valence-corrected chi connectivity index (χ3v) is 3.31. The second-order valence-corrected chi connectivity index (χ2v) is 6.14. The molecule has 0 saturated carbocycles. The Labute approximate surface area is 148 Å². The highest BCUT2D eigenvalue weighted by atomic mass is 32.1. The summed E-state index contributed by atoms with van der Waals surface area (Å²) in [7, 11) is 0. The molecule has 1 aromatic rings. The molecular weight excluding hydrogens is 326 g/mol. The molecule has 0 heterocycles. The average molecular weight is 351 g/mol. The molecule has 0 bridgehead atoms. The molecule has 7 heteroatoms. The third kappa shape index (κ3) is 7.41. The number of carbonyl (C=O) groups excluding carboxylic acids is 2. The van der Waals surface area contributed by atoms with Crippen LogP contribution in [0.3, 0.4) is 0 Å². The van der Waals surface area contributed by atoms with Gasteiger partial charge in [-0.15, -0.1) is 0 Å². The van der Waals surface area contributed by atoms with Gasteiger partial charge in [-0.25, -0.2) is 0 Å². The van der Waals surface area contributed by atoms with Crippen LogP contribution in [0.25, 0.3) is 0 Å². The van der Waals surface area contributed by atoms with Crippen LogP contribution in [0.1, 0.15) is 50.4 Å². The Morgan fingerprint density at radius 1 is 1.21 bits per heavy atom. The van der Waals surface area contributed by atoms with Gasteiger partial charge in [0, 0.05) is 6.42 Å².